The number of imidazole rings is 1. The van der Waals surface area contributed by atoms with Crippen LogP contribution in [0.4, 0.5) is 0 Å². The van der Waals surface area contributed by atoms with Crippen molar-refractivity contribution in [1.29, 1.82) is 0 Å². The molecule has 3 rings (SSSR count). The standard InChI is InChI=1S/C12H13BrN2/c1-2-8-3-5-10-12(8)14-11-6-4-9(13)7-15(10)11/h4,6-8H,2-3,5H2,1H3. The number of pyridine rings is 1. The summed E-state index contributed by atoms with van der Waals surface area (Å²) in [7, 11) is 0. The summed E-state index contributed by atoms with van der Waals surface area (Å²) in [5, 5.41) is 0. The molecule has 1 aliphatic carbocycles. The summed E-state index contributed by atoms with van der Waals surface area (Å²) in [5.74, 6) is 0.679. The van der Waals surface area contributed by atoms with Gasteiger partial charge in [-0.25, -0.2) is 4.98 Å². The molecule has 0 amide bonds. The molecule has 15 heavy (non-hydrogen) atoms. The van der Waals surface area contributed by atoms with Crippen molar-refractivity contribution in [2.45, 2.75) is 32.1 Å². The predicted octanol–water partition coefficient (Wildman–Crippen LogP) is 3.54. The van der Waals surface area contributed by atoms with Crippen LogP contribution in [0.2, 0.25) is 0 Å². The van der Waals surface area contributed by atoms with E-state index >= 15 is 0 Å². The number of halogens is 1. The van der Waals surface area contributed by atoms with Crippen LogP contribution in [0.3, 0.4) is 0 Å². The first kappa shape index (κ1) is 9.40. The van der Waals surface area contributed by atoms with Crippen LogP contribution in [-0.4, -0.2) is 9.38 Å². The third-order valence-corrected chi connectivity index (χ3v) is 3.79. The van der Waals surface area contributed by atoms with Crippen LogP contribution >= 0.6 is 15.9 Å². The number of hydrogen-bond acceptors (Lipinski definition) is 1. The number of rotatable bonds is 1. The maximum Gasteiger partial charge on any atom is 0.137 e. The van der Waals surface area contributed by atoms with Gasteiger partial charge in [0.2, 0.25) is 0 Å². The minimum absolute atomic E-state index is 0.679. The normalized spacial score (nSPS) is 19.7. The topological polar surface area (TPSA) is 17.3 Å². The smallest absolute Gasteiger partial charge is 0.137 e. The van der Waals surface area contributed by atoms with Crippen molar-refractivity contribution in [3.05, 3.63) is 34.2 Å². The van der Waals surface area contributed by atoms with E-state index in [-0.39, 0.29) is 0 Å². The van der Waals surface area contributed by atoms with E-state index in [2.05, 4.69) is 45.6 Å². The quantitative estimate of drug-likeness (QED) is 0.770. The van der Waals surface area contributed by atoms with Crippen LogP contribution < -0.4 is 0 Å². The summed E-state index contributed by atoms with van der Waals surface area (Å²) >= 11 is 3.51. The van der Waals surface area contributed by atoms with Gasteiger partial charge in [-0.1, -0.05) is 6.92 Å². The molecule has 78 valence electrons. The first-order valence-electron chi connectivity index (χ1n) is 5.46. The Morgan fingerprint density at radius 3 is 3.20 bits per heavy atom. The highest BCUT2D eigenvalue weighted by molar-refractivity contribution is 9.10. The zero-order valence-corrected chi connectivity index (χ0v) is 10.3. The second-order valence-corrected chi connectivity index (χ2v) is 5.08. The molecule has 0 saturated heterocycles. The number of aryl methyl sites for hydroxylation is 1. The molecule has 0 N–H and O–H groups in total. The Kier molecular flexibility index (Phi) is 2.09. The first-order valence-corrected chi connectivity index (χ1v) is 6.25. The van der Waals surface area contributed by atoms with Gasteiger partial charge in [0.05, 0.1) is 5.69 Å². The molecule has 0 fully saturated rings. The number of fused-ring (bicyclic) bond motifs is 3. The molecule has 0 aromatic carbocycles. The molecule has 0 bridgehead atoms. The fourth-order valence-corrected chi connectivity index (χ4v) is 2.84. The Balaban J connectivity index is 2.26. The van der Waals surface area contributed by atoms with Gasteiger partial charge in [0, 0.05) is 22.3 Å². The molecule has 1 atom stereocenters. The second kappa shape index (κ2) is 3.34. The van der Waals surface area contributed by atoms with Gasteiger partial charge in [-0.15, -0.1) is 0 Å². The van der Waals surface area contributed by atoms with Crippen LogP contribution in [0.25, 0.3) is 5.65 Å². The molecule has 0 spiro atoms. The van der Waals surface area contributed by atoms with Crippen LogP contribution in [0.5, 0.6) is 0 Å². The Morgan fingerprint density at radius 2 is 2.40 bits per heavy atom. The summed E-state index contributed by atoms with van der Waals surface area (Å²) in [6.07, 6.45) is 5.77. The highest BCUT2D eigenvalue weighted by atomic mass is 79.9. The van der Waals surface area contributed by atoms with Crippen molar-refractivity contribution in [3.63, 3.8) is 0 Å². The van der Waals surface area contributed by atoms with E-state index in [0.717, 1.165) is 10.1 Å². The lowest BCUT2D eigenvalue weighted by Crippen LogP contribution is -1.91. The molecule has 2 aromatic rings. The predicted molar refractivity (Wildman–Crippen MR) is 64.2 cm³/mol. The van der Waals surface area contributed by atoms with E-state index < -0.39 is 0 Å². The van der Waals surface area contributed by atoms with Gasteiger partial charge in [-0.3, -0.25) is 0 Å². The number of hydrogen-bond donors (Lipinski definition) is 0. The van der Waals surface area contributed by atoms with E-state index in [0.29, 0.717) is 5.92 Å². The Morgan fingerprint density at radius 1 is 1.53 bits per heavy atom. The Labute approximate surface area is 97.5 Å². The minimum Gasteiger partial charge on any atom is -0.303 e. The Hall–Kier alpha value is -0.830. The highest BCUT2D eigenvalue weighted by Crippen LogP contribution is 2.35. The lowest BCUT2D eigenvalue weighted by Gasteiger charge is -2.02. The maximum absolute atomic E-state index is 4.73. The largest absolute Gasteiger partial charge is 0.303 e. The molecule has 2 aromatic heterocycles. The van der Waals surface area contributed by atoms with Crippen molar-refractivity contribution in [2.75, 3.05) is 0 Å². The van der Waals surface area contributed by atoms with Crippen molar-refractivity contribution in [3.8, 4) is 0 Å². The summed E-state index contributed by atoms with van der Waals surface area (Å²) < 4.78 is 3.35. The summed E-state index contributed by atoms with van der Waals surface area (Å²) in [4.78, 5) is 4.73. The average molecular weight is 265 g/mol. The summed E-state index contributed by atoms with van der Waals surface area (Å²) in [6.45, 7) is 2.25. The van der Waals surface area contributed by atoms with Crippen LogP contribution in [0, 0.1) is 0 Å². The van der Waals surface area contributed by atoms with Crippen molar-refractivity contribution >= 4 is 21.6 Å². The fraction of sp³-hybridized carbons (Fsp3) is 0.417. The molecule has 3 heteroatoms. The van der Waals surface area contributed by atoms with Gasteiger partial charge >= 0.3 is 0 Å². The van der Waals surface area contributed by atoms with Crippen LogP contribution in [0.15, 0.2) is 22.8 Å². The molecule has 1 aliphatic rings. The van der Waals surface area contributed by atoms with Gasteiger partial charge in [-0.2, -0.15) is 0 Å². The zero-order valence-electron chi connectivity index (χ0n) is 8.70. The van der Waals surface area contributed by atoms with Crippen molar-refractivity contribution in [2.24, 2.45) is 0 Å². The first-order chi connectivity index (χ1) is 7.29. The number of nitrogens with zero attached hydrogens (tertiary/aromatic N) is 2. The van der Waals surface area contributed by atoms with E-state index in [9.17, 15) is 0 Å². The molecular formula is C12H13BrN2. The van der Waals surface area contributed by atoms with Gasteiger partial charge in [-0.05, 0) is 47.3 Å². The van der Waals surface area contributed by atoms with Crippen molar-refractivity contribution in [1.82, 2.24) is 9.38 Å². The molecule has 0 radical (unpaired) electrons. The lowest BCUT2D eigenvalue weighted by atomic mass is 10.1. The SMILES string of the molecule is CCC1CCc2c1nc1ccc(Br)cn21. The average Bonchev–Trinajstić information content (AvgIpc) is 2.76. The summed E-state index contributed by atoms with van der Waals surface area (Å²) in [5.41, 5.74) is 3.83. The summed E-state index contributed by atoms with van der Waals surface area (Å²) in [6, 6.07) is 4.13. The molecular weight excluding hydrogens is 252 g/mol. The third-order valence-electron chi connectivity index (χ3n) is 3.32. The van der Waals surface area contributed by atoms with E-state index in [1.54, 1.807) is 0 Å². The van der Waals surface area contributed by atoms with Gasteiger partial charge in [0.1, 0.15) is 5.65 Å². The molecule has 0 saturated carbocycles. The van der Waals surface area contributed by atoms with E-state index in [1.165, 1.54) is 30.7 Å². The molecule has 1 unspecified atom stereocenters. The monoisotopic (exact) mass is 264 g/mol. The third kappa shape index (κ3) is 1.33. The highest BCUT2D eigenvalue weighted by Gasteiger charge is 2.26. The van der Waals surface area contributed by atoms with Crippen LogP contribution in [-0.2, 0) is 6.42 Å². The van der Waals surface area contributed by atoms with E-state index in [4.69, 9.17) is 4.98 Å². The Bertz CT molecular complexity index is 516. The van der Waals surface area contributed by atoms with Gasteiger partial charge < -0.3 is 4.40 Å². The molecule has 2 heterocycles. The van der Waals surface area contributed by atoms with Gasteiger partial charge in [0.25, 0.3) is 0 Å². The zero-order chi connectivity index (χ0) is 10.4. The molecule has 2 nitrogen and oxygen atoms in total. The van der Waals surface area contributed by atoms with Gasteiger partial charge in [0.15, 0.2) is 0 Å². The fourth-order valence-electron chi connectivity index (χ4n) is 2.51. The lowest BCUT2D eigenvalue weighted by molar-refractivity contribution is 0.641. The minimum atomic E-state index is 0.679. The number of aromatic nitrogens is 2. The van der Waals surface area contributed by atoms with Crippen LogP contribution in [0.1, 0.15) is 37.1 Å². The molecule has 0 aliphatic heterocycles. The van der Waals surface area contributed by atoms with E-state index in [1.807, 2.05) is 0 Å². The second-order valence-electron chi connectivity index (χ2n) is 4.16. The van der Waals surface area contributed by atoms with Crippen molar-refractivity contribution < 1.29 is 0 Å². The maximum atomic E-state index is 4.73.